The predicted octanol–water partition coefficient (Wildman–Crippen LogP) is 5.81. The van der Waals surface area contributed by atoms with Gasteiger partial charge in [-0.3, -0.25) is 0 Å². The van der Waals surface area contributed by atoms with Gasteiger partial charge >= 0.3 is 0 Å². The number of hydrogen-bond acceptors (Lipinski definition) is 2. The quantitative estimate of drug-likeness (QED) is 0.680. The van der Waals surface area contributed by atoms with E-state index in [9.17, 15) is 5.11 Å². The van der Waals surface area contributed by atoms with E-state index in [1.54, 1.807) is 0 Å². The summed E-state index contributed by atoms with van der Waals surface area (Å²) in [4.78, 5) is 0. The fourth-order valence-corrected chi connectivity index (χ4v) is 3.42. The lowest BCUT2D eigenvalue weighted by Crippen LogP contribution is -2.43. The lowest BCUT2D eigenvalue weighted by molar-refractivity contribution is 0.282. The van der Waals surface area contributed by atoms with Crippen molar-refractivity contribution in [1.29, 1.82) is 0 Å². The number of aliphatic hydroxyl groups is 1. The second-order valence-electron chi connectivity index (χ2n) is 7.77. The van der Waals surface area contributed by atoms with Gasteiger partial charge in [0.1, 0.15) is 5.75 Å². The van der Waals surface area contributed by atoms with Gasteiger partial charge in [0, 0.05) is 5.02 Å². The zero-order chi connectivity index (χ0) is 18.0. The number of halogens is 1. The second kappa shape index (κ2) is 7.30. The molecule has 2 nitrogen and oxygen atoms in total. The van der Waals surface area contributed by atoms with Crippen molar-refractivity contribution in [1.82, 2.24) is 0 Å². The van der Waals surface area contributed by atoms with E-state index >= 15 is 0 Å². The summed E-state index contributed by atoms with van der Waals surface area (Å²) in [5, 5.41) is 10.2. The first-order chi connectivity index (χ1) is 11.1. The minimum Gasteiger partial charge on any atom is -0.544 e. The molecule has 0 fully saturated rings. The minimum absolute atomic E-state index is 0.0312. The van der Waals surface area contributed by atoms with Crippen LogP contribution in [0.1, 0.15) is 37.5 Å². The van der Waals surface area contributed by atoms with Crippen LogP contribution in [0.25, 0.3) is 0 Å². The van der Waals surface area contributed by atoms with E-state index in [-0.39, 0.29) is 11.6 Å². The van der Waals surface area contributed by atoms with Crippen LogP contribution in [0, 0.1) is 0 Å². The molecule has 0 atom stereocenters. The molecule has 0 bridgehead atoms. The van der Waals surface area contributed by atoms with Crippen LogP contribution in [0.5, 0.6) is 5.75 Å². The van der Waals surface area contributed by atoms with Crippen molar-refractivity contribution in [2.75, 3.05) is 0 Å². The molecule has 0 spiro atoms. The normalized spacial score (nSPS) is 12.3. The van der Waals surface area contributed by atoms with Crippen molar-refractivity contribution in [3.8, 4) is 5.75 Å². The molecule has 130 valence electrons. The highest BCUT2D eigenvalue weighted by molar-refractivity contribution is 6.74. The SMILES string of the molecule is CC(C)(C)[Si](C)(C)Oc1ccc(Cc2cc(CO)ccc2Cl)cc1. The van der Waals surface area contributed by atoms with Gasteiger partial charge in [-0.05, 0) is 59.4 Å². The lowest BCUT2D eigenvalue weighted by atomic mass is 10.0. The largest absolute Gasteiger partial charge is 0.544 e. The van der Waals surface area contributed by atoms with Gasteiger partial charge in [0.2, 0.25) is 8.32 Å². The van der Waals surface area contributed by atoms with Gasteiger partial charge in [0.05, 0.1) is 6.61 Å². The zero-order valence-electron chi connectivity index (χ0n) is 15.2. The Morgan fingerprint density at radius 3 is 2.12 bits per heavy atom. The van der Waals surface area contributed by atoms with E-state index in [1.165, 1.54) is 5.56 Å². The van der Waals surface area contributed by atoms with Crippen LogP contribution < -0.4 is 4.43 Å². The van der Waals surface area contributed by atoms with E-state index in [2.05, 4.69) is 46.0 Å². The topological polar surface area (TPSA) is 29.5 Å². The van der Waals surface area contributed by atoms with Crippen LogP contribution in [0.4, 0.5) is 0 Å². The van der Waals surface area contributed by atoms with Crippen LogP contribution >= 0.6 is 11.6 Å². The Hall–Kier alpha value is -1.29. The highest BCUT2D eigenvalue weighted by Crippen LogP contribution is 2.37. The molecule has 2 aromatic carbocycles. The summed E-state index contributed by atoms with van der Waals surface area (Å²) in [5.41, 5.74) is 3.09. The first-order valence-electron chi connectivity index (χ1n) is 8.28. The molecule has 0 radical (unpaired) electrons. The Morgan fingerprint density at radius 2 is 1.58 bits per heavy atom. The van der Waals surface area contributed by atoms with E-state index in [0.29, 0.717) is 0 Å². The molecule has 4 heteroatoms. The molecule has 2 rings (SSSR count). The van der Waals surface area contributed by atoms with Crippen molar-refractivity contribution in [3.63, 3.8) is 0 Å². The second-order valence-corrected chi connectivity index (χ2v) is 12.9. The molecule has 24 heavy (non-hydrogen) atoms. The van der Waals surface area contributed by atoms with Crippen molar-refractivity contribution in [2.24, 2.45) is 0 Å². The van der Waals surface area contributed by atoms with Crippen molar-refractivity contribution in [2.45, 2.75) is 51.9 Å². The summed E-state index contributed by atoms with van der Waals surface area (Å²) in [6, 6.07) is 13.9. The molecule has 0 aliphatic heterocycles. The third kappa shape index (κ3) is 4.62. The Bertz CT molecular complexity index is 688. The van der Waals surface area contributed by atoms with Gasteiger partial charge in [-0.15, -0.1) is 0 Å². The fraction of sp³-hybridized carbons (Fsp3) is 0.400. The third-order valence-electron chi connectivity index (χ3n) is 4.79. The number of hydrogen-bond donors (Lipinski definition) is 1. The van der Waals surface area contributed by atoms with Crippen LogP contribution in [-0.2, 0) is 13.0 Å². The summed E-state index contributed by atoms with van der Waals surface area (Å²) in [5.74, 6) is 0.931. The molecular formula is C20H27ClO2Si. The molecule has 0 aliphatic rings. The molecule has 0 saturated carbocycles. The van der Waals surface area contributed by atoms with Crippen molar-refractivity contribution < 1.29 is 9.53 Å². The van der Waals surface area contributed by atoms with Gasteiger partial charge in [0.25, 0.3) is 0 Å². The smallest absolute Gasteiger partial charge is 0.250 e. The van der Waals surface area contributed by atoms with E-state index in [1.807, 2.05) is 30.3 Å². The molecule has 1 N–H and O–H groups in total. The lowest BCUT2D eigenvalue weighted by Gasteiger charge is -2.36. The Kier molecular flexibility index (Phi) is 5.79. The molecular weight excluding hydrogens is 336 g/mol. The van der Waals surface area contributed by atoms with E-state index in [4.69, 9.17) is 16.0 Å². The average molecular weight is 363 g/mol. The minimum atomic E-state index is -1.81. The predicted molar refractivity (Wildman–Crippen MR) is 104 cm³/mol. The summed E-state index contributed by atoms with van der Waals surface area (Å²) >= 11 is 6.27. The van der Waals surface area contributed by atoms with Gasteiger partial charge < -0.3 is 9.53 Å². The zero-order valence-corrected chi connectivity index (χ0v) is 16.9. The summed E-state index contributed by atoms with van der Waals surface area (Å²) < 4.78 is 6.31. The van der Waals surface area contributed by atoms with Gasteiger partial charge in [-0.2, -0.15) is 0 Å². The summed E-state index contributed by atoms with van der Waals surface area (Å²) in [6.45, 7) is 11.3. The Morgan fingerprint density at radius 1 is 1.00 bits per heavy atom. The van der Waals surface area contributed by atoms with Gasteiger partial charge in [-0.25, -0.2) is 0 Å². The maximum Gasteiger partial charge on any atom is 0.250 e. The highest BCUT2D eigenvalue weighted by atomic mass is 35.5. The van der Waals surface area contributed by atoms with Crippen molar-refractivity contribution >= 4 is 19.9 Å². The molecule has 0 aliphatic carbocycles. The van der Waals surface area contributed by atoms with Crippen LogP contribution in [0.3, 0.4) is 0 Å². The Labute approximate surface area is 151 Å². The standard InChI is InChI=1S/C20H27ClO2Si/c1-20(2,3)24(4,5)23-18-9-6-15(7-10-18)12-17-13-16(14-22)8-11-19(17)21/h6-11,13,22H,12,14H2,1-5H3. The number of aliphatic hydroxyl groups excluding tert-OH is 1. The van der Waals surface area contributed by atoms with Crippen LogP contribution in [0.2, 0.25) is 23.2 Å². The van der Waals surface area contributed by atoms with Crippen molar-refractivity contribution in [3.05, 3.63) is 64.2 Å². The molecule has 0 amide bonds. The van der Waals surface area contributed by atoms with Gasteiger partial charge in [-0.1, -0.05) is 56.6 Å². The summed E-state index contributed by atoms with van der Waals surface area (Å²) in [6.07, 6.45) is 0.743. The van der Waals surface area contributed by atoms with E-state index in [0.717, 1.165) is 28.3 Å². The summed E-state index contributed by atoms with van der Waals surface area (Å²) in [7, 11) is -1.81. The fourth-order valence-electron chi connectivity index (χ4n) is 2.20. The highest BCUT2D eigenvalue weighted by Gasteiger charge is 2.38. The molecule has 2 aromatic rings. The monoisotopic (exact) mass is 362 g/mol. The number of benzene rings is 2. The van der Waals surface area contributed by atoms with Crippen LogP contribution in [-0.4, -0.2) is 13.4 Å². The average Bonchev–Trinajstić information content (AvgIpc) is 2.50. The third-order valence-corrected chi connectivity index (χ3v) is 9.52. The molecule has 0 heterocycles. The number of rotatable bonds is 5. The molecule has 0 aromatic heterocycles. The maximum atomic E-state index is 9.27. The van der Waals surface area contributed by atoms with Gasteiger partial charge in [0.15, 0.2) is 0 Å². The maximum absolute atomic E-state index is 9.27. The molecule has 0 unspecified atom stereocenters. The van der Waals surface area contributed by atoms with Crippen LogP contribution in [0.15, 0.2) is 42.5 Å². The first kappa shape index (κ1) is 19.0. The molecule has 0 saturated heterocycles. The Balaban J connectivity index is 2.13. The first-order valence-corrected chi connectivity index (χ1v) is 11.6. The van der Waals surface area contributed by atoms with E-state index < -0.39 is 8.32 Å².